The number of carbonyl (C=O) groups is 10. The second kappa shape index (κ2) is 26.9. The van der Waals surface area contributed by atoms with Crippen LogP contribution >= 0.6 is 0 Å². The van der Waals surface area contributed by atoms with Gasteiger partial charge in [0.25, 0.3) is 0 Å². The molecule has 2 heterocycles. The Morgan fingerprint density at radius 1 is 0.774 bits per heavy atom. The van der Waals surface area contributed by atoms with Crippen LogP contribution in [0.5, 0.6) is 0 Å². The summed E-state index contributed by atoms with van der Waals surface area (Å²) in [5, 5.41) is 27.0. The van der Waals surface area contributed by atoms with Gasteiger partial charge in [-0.25, -0.2) is 9.78 Å². The molecule has 2 rings (SSSR count). The maximum Gasteiger partial charge on any atom is 0.328 e. The Morgan fingerprint density at radius 2 is 1.37 bits per heavy atom. The number of primary amides is 2. The van der Waals surface area contributed by atoms with Crippen molar-refractivity contribution in [3.8, 4) is 0 Å². The number of cyclic esters (lactones) is 1. The molecular formula is C39H63N11O12. The molecule has 9 amide bonds. The number of aliphatic hydroxyl groups is 1. The number of esters is 1. The van der Waals surface area contributed by atoms with Gasteiger partial charge in [0.2, 0.25) is 53.2 Å². The van der Waals surface area contributed by atoms with E-state index in [4.69, 9.17) is 16.2 Å². The number of hydrogen-bond acceptors (Lipinski definition) is 13. The van der Waals surface area contributed by atoms with Crippen LogP contribution < -0.4 is 48.7 Å². The Morgan fingerprint density at radius 3 is 1.98 bits per heavy atom. The number of amides is 9. The quantitative estimate of drug-likeness (QED) is 0.0362. The lowest BCUT2D eigenvalue weighted by Crippen LogP contribution is -2.59. The molecule has 1 aliphatic heterocycles. The van der Waals surface area contributed by atoms with Crippen LogP contribution in [0.3, 0.4) is 0 Å². The van der Waals surface area contributed by atoms with E-state index in [-0.39, 0.29) is 32.1 Å². The molecule has 1 aromatic rings. The van der Waals surface area contributed by atoms with Crippen molar-refractivity contribution in [2.45, 2.75) is 147 Å². The average Bonchev–Trinajstić information content (AvgIpc) is 3.72. The molecule has 0 radical (unpaired) electrons. The number of aromatic nitrogens is 2. The van der Waals surface area contributed by atoms with E-state index in [1.807, 2.05) is 0 Å². The molecule has 0 aliphatic carbocycles. The summed E-state index contributed by atoms with van der Waals surface area (Å²) in [6.45, 7) is 5.35. The predicted octanol–water partition coefficient (Wildman–Crippen LogP) is -3.15. The van der Waals surface area contributed by atoms with E-state index in [0.29, 0.717) is 18.0 Å². The van der Waals surface area contributed by atoms with Crippen molar-refractivity contribution in [1.29, 1.82) is 0 Å². The van der Waals surface area contributed by atoms with E-state index >= 15 is 0 Å². The van der Waals surface area contributed by atoms with Gasteiger partial charge in [0, 0.05) is 37.6 Å². The summed E-state index contributed by atoms with van der Waals surface area (Å²) in [7, 11) is 0. The predicted molar refractivity (Wildman–Crippen MR) is 219 cm³/mol. The number of unbranched alkanes of at least 4 members (excludes halogenated alkanes) is 4. The lowest BCUT2D eigenvalue weighted by atomic mass is 10.0. The summed E-state index contributed by atoms with van der Waals surface area (Å²) >= 11 is 0. The zero-order valence-electron chi connectivity index (χ0n) is 35.7. The minimum absolute atomic E-state index is 0.148. The van der Waals surface area contributed by atoms with Crippen LogP contribution in [0.25, 0.3) is 0 Å². The molecule has 0 saturated carbocycles. The van der Waals surface area contributed by atoms with Gasteiger partial charge in [-0.2, -0.15) is 0 Å². The second-order valence-electron chi connectivity index (χ2n) is 15.7. The zero-order chi connectivity index (χ0) is 46.4. The zero-order valence-corrected chi connectivity index (χ0v) is 35.7. The van der Waals surface area contributed by atoms with E-state index in [1.165, 1.54) is 26.4 Å². The first kappa shape index (κ1) is 52.0. The van der Waals surface area contributed by atoms with Gasteiger partial charge in [0.1, 0.15) is 42.9 Å². The molecule has 7 unspecified atom stereocenters. The lowest BCUT2D eigenvalue weighted by Gasteiger charge is -2.25. The molecule has 0 aromatic carbocycles. The monoisotopic (exact) mass is 877 g/mol. The van der Waals surface area contributed by atoms with Crippen LogP contribution in [0.15, 0.2) is 12.5 Å². The van der Waals surface area contributed by atoms with E-state index in [2.05, 4.69) is 61.0 Å². The van der Waals surface area contributed by atoms with Gasteiger partial charge in [-0.1, -0.05) is 46.0 Å². The number of H-pyrrole nitrogens is 1. The van der Waals surface area contributed by atoms with Gasteiger partial charge >= 0.3 is 5.97 Å². The van der Waals surface area contributed by atoms with Crippen LogP contribution in [0.2, 0.25) is 0 Å². The number of aromatic amines is 1. The van der Waals surface area contributed by atoms with Crippen molar-refractivity contribution in [3.05, 3.63) is 18.2 Å². The van der Waals surface area contributed by atoms with Gasteiger partial charge < -0.3 is 63.5 Å². The third-order valence-corrected chi connectivity index (χ3v) is 9.69. The van der Waals surface area contributed by atoms with E-state index in [0.717, 1.165) is 32.1 Å². The average molecular weight is 878 g/mol. The summed E-state index contributed by atoms with van der Waals surface area (Å²) in [6, 6.07) is -8.87. The largest absolute Gasteiger partial charge is 0.461 e. The molecule has 1 fully saturated rings. The first-order valence-electron chi connectivity index (χ1n) is 20.7. The number of hydrogen-bond donors (Lipinski definition) is 11. The fourth-order valence-electron chi connectivity index (χ4n) is 6.13. The molecule has 0 bridgehead atoms. The fourth-order valence-corrected chi connectivity index (χ4v) is 6.13. The molecule has 1 saturated heterocycles. The molecule has 62 heavy (non-hydrogen) atoms. The molecule has 23 nitrogen and oxygen atoms in total. The minimum Gasteiger partial charge on any atom is -0.461 e. The highest BCUT2D eigenvalue weighted by Gasteiger charge is 2.35. The summed E-state index contributed by atoms with van der Waals surface area (Å²) < 4.78 is 5.32. The van der Waals surface area contributed by atoms with Crippen molar-refractivity contribution in [2.24, 2.45) is 17.4 Å². The SMILES string of the molecule is CC(C)CCCCCCCC(=O)NC(C(=O)NCC(=O)NC(C)C(=O)NC1COC(=O)C(CCC(N)=O)NC(=O)C(CCC(N)=O)NC(=O)C(Cc2cnc[nH]2)NC1=O)C(C)O. The fraction of sp³-hybridized carbons (Fsp3) is 0.667. The first-order valence-corrected chi connectivity index (χ1v) is 20.7. The van der Waals surface area contributed by atoms with Crippen molar-refractivity contribution in [1.82, 2.24) is 47.2 Å². The highest BCUT2D eigenvalue weighted by atomic mass is 16.5. The molecule has 1 aliphatic rings. The van der Waals surface area contributed by atoms with E-state index < -0.39 is 121 Å². The summed E-state index contributed by atoms with van der Waals surface area (Å²) in [4.78, 5) is 135. The van der Waals surface area contributed by atoms with Gasteiger partial charge in [-0.05, 0) is 39.0 Å². The normalized spacial score (nSPS) is 20.0. The molecule has 0 spiro atoms. The number of ether oxygens (including phenoxy) is 1. The van der Waals surface area contributed by atoms with Gasteiger partial charge in [-0.15, -0.1) is 0 Å². The molecule has 13 N–H and O–H groups in total. The number of imidazole rings is 1. The minimum atomic E-state index is -1.71. The van der Waals surface area contributed by atoms with Crippen molar-refractivity contribution in [3.63, 3.8) is 0 Å². The highest BCUT2D eigenvalue weighted by molar-refractivity contribution is 5.97. The third-order valence-electron chi connectivity index (χ3n) is 9.69. The van der Waals surface area contributed by atoms with E-state index in [1.54, 1.807) is 0 Å². The highest BCUT2D eigenvalue weighted by Crippen LogP contribution is 2.12. The van der Waals surface area contributed by atoms with E-state index in [9.17, 15) is 53.1 Å². The van der Waals surface area contributed by atoms with Crippen LogP contribution in [0.1, 0.15) is 104 Å². The Labute approximate surface area is 359 Å². The number of carbonyl (C=O) groups excluding carboxylic acids is 10. The maximum atomic E-state index is 13.7. The number of aliphatic hydroxyl groups excluding tert-OH is 1. The van der Waals surface area contributed by atoms with Gasteiger partial charge in [-0.3, -0.25) is 43.2 Å². The summed E-state index contributed by atoms with van der Waals surface area (Å²) in [5.41, 5.74) is 10.9. The molecule has 7 atom stereocenters. The molecular weight excluding hydrogens is 814 g/mol. The maximum absolute atomic E-state index is 13.7. The number of nitrogens with one attached hydrogen (secondary N) is 8. The smallest absolute Gasteiger partial charge is 0.328 e. The van der Waals surface area contributed by atoms with Crippen LogP contribution in [0.4, 0.5) is 0 Å². The van der Waals surface area contributed by atoms with Gasteiger partial charge in [0.15, 0.2) is 0 Å². The van der Waals surface area contributed by atoms with Crippen LogP contribution in [0, 0.1) is 5.92 Å². The topological polar surface area (TPSA) is 365 Å². The van der Waals surface area contributed by atoms with Crippen LogP contribution in [-0.2, 0) is 59.1 Å². The Bertz CT molecular complexity index is 1710. The summed E-state index contributed by atoms with van der Waals surface area (Å²) in [6.07, 6.45) is 5.63. The molecule has 23 heteroatoms. The third kappa shape index (κ3) is 20.0. The van der Waals surface area contributed by atoms with Crippen molar-refractivity contribution < 1.29 is 57.8 Å². The lowest BCUT2D eigenvalue weighted by molar-refractivity contribution is -0.150. The first-order chi connectivity index (χ1) is 29.3. The van der Waals surface area contributed by atoms with Gasteiger partial charge in [0.05, 0.1) is 19.0 Å². The van der Waals surface area contributed by atoms with Crippen molar-refractivity contribution >= 4 is 59.1 Å². The molecule has 1 aromatic heterocycles. The molecule has 346 valence electrons. The van der Waals surface area contributed by atoms with Crippen molar-refractivity contribution in [2.75, 3.05) is 13.2 Å². The standard InChI is InChI=1S/C39H63N11O12/c1-21(2)10-8-6-5-7-9-11-31(54)50-33(23(4)51)38(60)43-18-32(55)45-22(3)34(56)49-28-19-62-39(61)26(13-15-30(41)53)47-35(57)25(12-14-29(40)52)46-36(58)27(48-37(28)59)16-24-17-42-20-44-24/h17,20-23,25-28,33,51H,5-16,18-19H2,1-4H3,(H2,40,52)(H2,41,53)(H,42,44)(H,43,60)(H,45,55)(H,46,58)(H,47,57)(H,48,59)(H,49,56)(H,50,54). The number of rotatable bonds is 24. The number of nitrogens with zero attached hydrogens (tertiary/aromatic N) is 1. The van der Waals surface area contributed by atoms with Crippen LogP contribution in [-0.4, -0.2) is 130 Å². The second-order valence-corrected chi connectivity index (χ2v) is 15.7. The number of nitrogens with two attached hydrogens (primary N) is 2. The Hall–Kier alpha value is -6.13. The summed E-state index contributed by atoms with van der Waals surface area (Å²) in [5.74, 6) is -8.16. The Balaban J connectivity index is 2.15. The Kier molecular flexibility index (Phi) is 22.6.